The molecule has 10 heteroatoms. The summed E-state index contributed by atoms with van der Waals surface area (Å²) in [5.74, 6) is -8.01. The van der Waals surface area contributed by atoms with E-state index in [9.17, 15) is 39.6 Å². The van der Waals surface area contributed by atoms with Gasteiger partial charge in [0.25, 0.3) is 0 Å². The van der Waals surface area contributed by atoms with Gasteiger partial charge in [0, 0.05) is 23.8 Å². The average molecular weight is 617 g/mol. The normalized spacial score (nSPS) is 11.4. The van der Waals surface area contributed by atoms with E-state index >= 15 is 0 Å². The van der Waals surface area contributed by atoms with E-state index < -0.39 is 35.7 Å². The molecule has 0 radical (unpaired) electrons. The van der Waals surface area contributed by atoms with E-state index in [-0.39, 0.29) is 99.5 Å². The molecule has 0 heterocycles. The largest absolute Gasteiger partial charge is 2.00 e. The van der Waals surface area contributed by atoms with Crippen LogP contribution in [0.5, 0.6) is 0 Å². The van der Waals surface area contributed by atoms with Gasteiger partial charge in [-0.25, -0.2) is 0 Å². The van der Waals surface area contributed by atoms with Gasteiger partial charge in [-0.1, -0.05) is 130 Å². The maximum absolute atomic E-state index is 10.8. The second kappa shape index (κ2) is 31.8. The Bertz CT molecular complexity index is 664. The standard InChI is InChI=1S/2C15H26O4.2Ca/c2*1-3-4-5-6-7-8-9-10-11-13(15(18)19)12(2)14(16)17;;/h2*13H,2-11H2,1H3,(H,16,17)(H,18,19);;/q;;2*+2/p-4. The topological polar surface area (TPSA) is 161 Å². The molecule has 2 unspecified atom stereocenters. The second-order valence-electron chi connectivity index (χ2n) is 9.90. The zero-order valence-corrected chi connectivity index (χ0v) is 29.4. The van der Waals surface area contributed by atoms with Crippen LogP contribution in [0, 0.1) is 11.8 Å². The van der Waals surface area contributed by atoms with Gasteiger partial charge in [0.05, 0.1) is 11.9 Å². The molecule has 0 aliphatic carbocycles. The summed E-state index contributed by atoms with van der Waals surface area (Å²) in [6, 6.07) is 0. The SMILES string of the molecule is C=C(C(=O)[O-])C(CCCCCCCCCC)C(=O)[O-].C=C(C(=O)[O-])C(CCCCCCCCCC)C(=O)[O-].[Ca+2].[Ca+2]. The van der Waals surface area contributed by atoms with Crippen molar-refractivity contribution in [3.8, 4) is 0 Å². The fourth-order valence-electron chi connectivity index (χ4n) is 4.12. The number of carboxylic acid groups (broad SMARTS) is 4. The first-order valence-corrected chi connectivity index (χ1v) is 14.2. The number of hydrogen-bond donors (Lipinski definition) is 0. The molecule has 0 fully saturated rings. The van der Waals surface area contributed by atoms with E-state index in [1.54, 1.807) is 0 Å². The fraction of sp³-hybridized carbons (Fsp3) is 0.733. The number of carbonyl (C=O) groups excluding carboxylic acids is 4. The molecule has 0 spiro atoms. The van der Waals surface area contributed by atoms with Crippen molar-refractivity contribution in [1.29, 1.82) is 0 Å². The third-order valence-corrected chi connectivity index (χ3v) is 6.63. The Hall–Kier alpha value is -0.121. The van der Waals surface area contributed by atoms with Crippen LogP contribution in [0.1, 0.15) is 129 Å². The summed E-state index contributed by atoms with van der Waals surface area (Å²) < 4.78 is 0. The van der Waals surface area contributed by atoms with Crippen molar-refractivity contribution in [2.45, 2.75) is 129 Å². The van der Waals surface area contributed by atoms with Crippen LogP contribution in [0.2, 0.25) is 0 Å². The Morgan fingerprint density at radius 3 is 0.900 bits per heavy atom. The van der Waals surface area contributed by atoms with Crippen molar-refractivity contribution >= 4 is 99.4 Å². The molecule has 8 nitrogen and oxygen atoms in total. The monoisotopic (exact) mass is 616 g/mol. The molecular weight excluding hydrogens is 568 g/mol. The minimum atomic E-state index is -1.51. The number of carboxylic acids is 4. The van der Waals surface area contributed by atoms with Crippen LogP contribution < -0.4 is 20.4 Å². The Morgan fingerprint density at radius 2 is 0.700 bits per heavy atom. The Kier molecular flexibility index (Phi) is 37.2. The van der Waals surface area contributed by atoms with Crippen LogP contribution in [0.3, 0.4) is 0 Å². The molecule has 2 atom stereocenters. The Morgan fingerprint density at radius 1 is 0.475 bits per heavy atom. The van der Waals surface area contributed by atoms with Gasteiger partial charge in [-0.15, -0.1) is 0 Å². The maximum atomic E-state index is 10.8. The molecule has 0 rings (SSSR count). The van der Waals surface area contributed by atoms with E-state index in [0.29, 0.717) is 12.8 Å². The number of carbonyl (C=O) groups is 4. The molecule has 0 aliphatic rings. The molecule has 220 valence electrons. The Labute approximate surface area is 301 Å². The van der Waals surface area contributed by atoms with E-state index in [4.69, 9.17) is 0 Å². The van der Waals surface area contributed by atoms with E-state index in [2.05, 4.69) is 27.0 Å². The first-order valence-electron chi connectivity index (χ1n) is 14.2. The molecule has 0 aromatic rings. The summed E-state index contributed by atoms with van der Waals surface area (Å²) in [6.45, 7) is 10.8. The predicted octanol–water partition coefficient (Wildman–Crippen LogP) is 1.62. The van der Waals surface area contributed by atoms with Crippen molar-refractivity contribution in [2.75, 3.05) is 0 Å². The van der Waals surface area contributed by atoms with Crippen LogP contribution in [0.15, 0.2) is 24.3 Å². The molecule has 0 bridgehead atoms. The van der Waals surface area contributed by atoms with Gasteiger partial charge in [-0.05, 0) is 24.0 Å². The maximum Gasteiger partial charge on any atom is 2.00 e. The van der Waals surface area contributed by atoms with E-state index in [0.717, 1.165) is 38.5 Å². The molecule has 0 saturated heterocycles. The van der Waals surface area contributed by atoms with Crippen molar-refractivity contribution in [3.63, 3.8) is 0 Å². The molecule has 0 amide bonds. The first-order chi connectivity index (χ1) is 18.0. The summed E-state index contributed by atoms with van der Waals surface area (Å²) in [6.07, 6.45) is 18.0. The Balaban J connectivity index is -0.000000309. The predicted molar refractivity (Wildman–Crippen MR) is 151 cm³/mol. The summed E-state index contributed by atoms with van der Waals surface area (Å²) in [7, 11) is 0. The molecule has 0 N–H and O–H groups in total. The second-order valence-corrected chi connectivity index (χ2v) is 9.90. The van der Waals surface area contributed by atoms with Gasteiger partial charge >= 0.3 is 75.5 Å². The summed E-state index contributed by atoms with van der Waals surface area (Å²) >= 11 is 0. The molecular formula is C30H48Ca2O8. The minimum Gasteiger partial charge on any atom is -0.549 e. The minimum absolute atomic E-state index is 0. The van der Waals surface area contributed by atoms with Crippen LogP contribution in [0.25, 0.3) is 0 Å². The number of hydrogen-bond acceptors (Lipinski definition) is 8. The van der Waals surface area contributed by atoms with Gasteiger partial charge in [0.15, 0.2) is 0 Å². The van der Waals surface area contributed by atoms with Crippen LogP contribution >= 0.6 is 0 Å². The fourth-order valence-corrected chi connectivity index (χ4v) is 4.12. The molecule has 0 aliphatic heterocycles. The van der Waals surface area contributed by atoms with Gasteiger partial charge in [-0.3, -0.25) is 0 Å². The number of unbranched alkanes of at least 4 members (excludes halogenated alkanes) is 14. The van der Waals surface area contributed by atoms with Crippen LogP contribution in [0.4, 0.5) is 0 Å². The summed E-state index contributed by atoms with van der Waals surface area (Å²) in [5, 5.41) is 42.8. The van der Waals surface area contributed by atoms with Crippen LogP contribution in [-0.2, 0) is 19.2 Å². The summed E-state index contributed by atoms with van der Waals surface area (Å²) in [4.78, 5) is 42.8. The summed E-state index contributed by atoms with van der Waals surface area (Å²) in [5.41, 5.74) is -0.772. The quantitative estimate of drug-likeness (QED) is 0.0898. The third-order valence-electron chi connectivity index (χ3n) is 6.63. The van der Waals surface area contributed by atoms with Crippen molar-refractivity contribution in [3.05, 3.63) is 24.3 Å². The van der Waals surface area contributed by atoms with Gasteiger partial charge in [0.2, 0.25) is 0 Å². The van der Waals surface area contributed by atoms with E-state index in [1.807, 2.05) is 0 Å². The third kappa shape index (κ3) is 26.8. The number of aliphatic carboxylic acids is 4. The van der Waals surface area contributed by atoms with Crippen molar-refractivity contribution < 1.29 is 39.6 Å². The molecule has 0 aromatic carbocycles. The molecule has 0 saturated carbocycles. The smallest absolute Gasteiger partial charge is 0.549 e. The van der Waals surface area contributed by atoms with Crippen molar-refractivity contribution in [1.82, 2.24) is 0 Å². The molecule has 40 heavy (non-hydrogen) atoms. The average Bonchev–Trinajstić information content (AvgIpc) is 2.86. The number of rotatable bonds is 24. The van der Waals surface area contributed by atoms with Crippen LogP contribution in [-0.4, -0.2) is 99.4 Å². The van der Waals surface area contributed by atoms with Gasteiger partial charge in [-0.2, -0.15) is 0 Å². The molecule has 0 aromatic heterocycles. The first kappa shape index (κ1) is 46.8. The van der Waals surface area contributed by atoms with Crippen molar-refractivity contribution in [2.24, 2.45) is 11.8 Å². The zero-order valence-electron chi connectivity index (χ0n) is 25.0. The zero-order chi connectivity index (χ0) is 29.3. The van der Waals surface area contributed by atoms with Gasteiger partial charge in [0.1, 0.15) is 0 Å². The van der Waals surface area contributed by atoms with Gasteiger partial charge < -0.3 is 39.6 Å². The van der Waals surface area contributed by atoms with E-state index in [1.165, 1.54) is 51.4 Å².